The van der Waals surface area contributed by atoms with E-state index in [-0.39, 0.29) is 0 Å². The highest BCUT2D eigenvalue weighted by Gasteiger charge is 2.08. The van der Waals surface area contributed by atoms with Crippen molar-refractivity contribution >= 4 is 22.4 Å². The van der Waals surface area contributed by atoms with E-state index in [1.165, 1.54) is 0 Å². The Hall–Kier alpha value is -3.60. The second-order valence-corrected chi connectivity index (χ2v) is 5.21. The molecule has 0 radical (unpaired) electrons. The van der Waals surface area contributed by atoms with Gasteiger partial charge in [-0.25, -0.2) is 4.98 Å². The zero-order chi connectivity index (χ0) is 17.6. The molecule has 0 bridgehead atoms. The summed E-state index contributed by atoms with van der Waals surface area (Å²) in [6, 6.07) is 13.2. The van der Waals surface area contributed by atoms with Crippen LogP contribution in [0.1, 0.15) is 0 Å². The molecule has 5 heteroatoms. The van der Waals surface area contributed by atoms with E-state index >= 15 is 0 Å². The van der Waals surface area contributed by atoms with Gasteiger partial charge in [-0.3, -0.25) is 0 Å². The molecule has 0 aliphatic heterocycles. The van der Waals surface area contributed by atoms with E-state index in [1.807, 2.05) is 36.4 Å². The first-order chi connectivity index (χ1) is 12.2. The number of aromatic nitrogens is 2. The van der Waals surface area contributed by atoms with Gasteiger partial charge in [0.1, 0.15) is 5.75 Å². The third-order valence-electron chi connectivity index (χ3n) is 3.54. The molecule has 0 saturated carbocycles. The number of hydrogen-bond acceptors (Lipinski definition) is 5. The van der Waals surface area contributed by atoms with Crippen molar-refractivity contribution in [1.82, 2.24) is 9.97 Å². The summed E-state index contributed by atoms with van der Waals surface area (Å²) in [4.78, 5) is 8.55. The molecule has 0 unspecified atom stereocenters. The fourth-order valence-electron chi connectivity index (χ4n) is 2.37. The minimum atomic E-state index is 0.408. The van der Waals surface area contributed by atoms with Crippen molar-refractivity contribution < 1.29 is 4.74 Å². The van der Waals surface area contributed by atoms with Crippen molar-refractivity contribution in [2.45, 2.75) is 0 Å². The SMILES string of the molecule is C=C/C=C(\C=C)Nc1nccc(Oc2ccc(N)c3ccccc23)n1. The van der Waals surface area contributed by atoms with Crippen LogP contribution in [0.4, 0.5) is 11.6 Å². The lowest BCUT2D eigenvalue weighted by Crippen LogP contribution is -2.02. The van der Waals surface area contributed by atoms with Crippen LogP contribution < -0.4 is 15.8 Å². The molecule has 0 aliphatic carbocycles. The molecule has 1 aromatic heterocycles. The first kappa shape index (κ1) is 16.3. The lowest BCUT2D eigenvalue weighted by Gasteiger charge is -2.11. The average Bonchev–Trinajstić information content (AvgIpc) is 2.64. The van der Waals surface area contributed by atoms with E-state index in [0.29, 0.717) is 23.3 Å². The molecule has 5 nitrogen and oxygen atoms in total. The van der Waals surface area contributed by atoms with Crippen molar-refractivity contribution in [3.63, 3.8) is 0 Å². The van der Waals surface area contributed by atoms with Gasteiger partial charge in [-0.1, -0.05) is 43.5 Å². The van der Waals surface area contributed by atoms with Crippen molar-refractivity contribution in [2.24, 2.45) is 0 Å². The van der Waals surface area contributed by atoms with Crippen LogP contribution in [-0.2, 0) is 0 Å². The first-order valence-corrected chi connectivity index (χ1v) is 7.71. The number of ether oxygens (including phenoxy) is 1. The molecule has 0 spiro atoms. The third kappa shape index (κ3) is 3.67. The minimum absolute atomic E-state index is 0.408. The van der Waals surface area contributed by atoms with E-state index in [9.17, 15) is 0 Å². The Kier molecular flexibility index (Phi) is 4.76. The van der Waals surface area contributed by atoms with Crippen LogP contribution in [0.15, 0.2) is 85.7 Å². The number of nitrogens with one attached hydrogen (secondary N) is 1. The molecule has 1 heterocycles. The van der Waals surface area contributed by atoms with Gasteiger partial charge in [0.2, 0.25) is 11.8 Å². The lowest BCUT2D eigenvalue weighted by atomic mass is 10.1. The Morgan fingerprint density at radius 2 is 1.88 bits per heavy atom. The fourth-order valence-corrected chi connectivity index (χ4v) is 2.37. The van der Waals surface area contributed by atoms with Crippen LogP contribution in [0.25, 0.3) is 10.8 Å². The van der Waals surface area contributed by atoms with Crippen LogP contribution in [-0.4, -0.2) is 9.97 Å². The number of rotatable bonds is 6. The second kappa shape index (κ2) is 7.31. The van der Waals surface area contributed by atoms with Crippen LogP contribution in [0.5, 0.6) is 11.6 Å². The van der Waals surface area contributed by atoms with Crippen LogP contribution in [0.3, 0.4) is 0 Å². The van der Waals surface area contributed by atoms with Crippen LogP contribution >= 0.6 is 0 Å². The Bertz CT molecular complexity index is 963. The summed E-state index contributed by atoms with van der Waals surface area (Å²) < 4.78 is 5.95. The van der Waals surface area contributed by atoms with Crippen LogP contribution in [0, 0.1) is 0 Å². The first-order valence-electron chi connectivity index (χ1n) is 7.71. The van der Waals surface area contributed by atoms with Crippen molar-refractivity contribution in [3.8, 4) is 11.6 Å². The Labute approximate surface area is 146 Å². The normalized spacial score (nSPS) is 11.1. The number of benzene rings is 2. The quantitative estimate of drug-likeness (QED) is 0.507. The highest BCUT2D eigenvalue weighted by molar-refractivity contribution is 5.97. The van der Waals surface area contributed by atoms with Crippen molar-refractivity contribution in [3.05, 3.63) is 85.7 Å². The largest absolute Gasteiger partial charge is 0.438 e. The maximum absolute atomic E-state index is 6.03. The van der Waals surface area contributed by atoms with E-state index in [2.05, 4.69) is 28.4 Å². The molecule has 0 aliphatic rings. The summed E-state index contributed by atoms with van der Waals surface area (Å²) in [5, 5.41) is 4.92. The van der Waals surface area contributed by atoms with Crippen molar-refractivity contribution in [2.75, 3.05) is 11.1 Å². The van der Waals surface area contributed by atoms with Crippen molar-refractivity contribution in [1.29, 1.82) is 0 Å². The molecule has 3 N–H and O–H groups in total. The van der Waals surface area contributed by atoms with Gasteiger partial charge < -0.3 is 15.8 Å². The van der Waals surface area contributed by atoms with Gasteiger partial charge in [0.15, 0.2) is 0 Å². The summed E-state index contributed by atoms with van der Waals surface area (Å²) in [7, 11) is 0. The van der Waals surface area contributed by atoms with E-state index in [0.717, 1.165) is 16.5 Å². The molecule has 3 aromatic rings. The smallest absolute Gasteiger partial charge is 0.230 e. The summed E-state index contributed by atoms with van der Waals surface area (Å²) in [6.07, 6.45) is 6.72. The summed E-state index contributed by atoms with van der Waals surface area (Å²) in [5.41, 5.74) is 7.47. The molecular formula is C20H18N4O. The summed E-state index contributed by atoms with van der Waals surface area (Å²) >= 11 is 0. The monoisotopic (exact) mass is 330 g/mol. The molecular weight excluding hydrogens is 312 g/mol. The number of anilines is 2. The molecule has 0 amide bonds. The molecule has 25 heavy (non-hydrogen) atoms. The van der Waals surface area contributed by atoms with E-state index < -0.39 is 0 Å². The van der Waals surface area contributed by atoms with Gasteiger partial charge in [0.25, 0.3) is 0 Å². The fraction of sp³-hybridized carbons (Fsp3) is 0. The lowest BCUT2D eigenvalue weighted by molar-refractivity contribution is 0.468. The highest BCUT2D eigenvalue weighted by Crippen LogP contribution is 2.32. The molecule has 2 aromatic carbocycles. The van der Waals surface area contributed by atoms with E-state index in [4.69, 9.17) is 10.5 Å². The van der Waals surface area contributed by atoms with Gasteiger partial charge in [-0.15, -0.1) is 0 Å². The van der Waals surface area contributed by atoms with E-state index in [1.54, 1.807) is 30.5 Å². The summed E-state index contributed by atoms with van der Waals surface area (Å²) in [5.74, 6) is 1.51. The third-order valence-corrected chi connectivity index (χ3v) is 3.54. The zero-order valence-corrected chi connectivity index (χ0v) is 13.6. The molecule has 0 saturated heterocycles. The van der Waals surface area contributed by atoms with Crippen LogP contribution in [0.2, 0.25) is 0 Å². The zero-order valence-electron chi connectivity index (χ0n) is 13.6. The predicted octanol–water partition coefficient (Wildman–Crippen LogP) is 4.67. The minimum Gasteiger partial charge on any atom is -0.438 e. The molecule has 0 fully saturated rings. The number of allylic oxidation sites excluding steroid dienone is 3. The maximum atomic E-state index is 6.03. The number of hydrogen-bond donors (Lipinski definition) is 2. The molecule has 124 valence electrons. The van der Waals surface area contributed by atoms with Gasteiger partial charge in [-0.2, -0.15) is 4.98 Å². The van der Waals surface area contributed by atoms with Gasteiger partial charge >= 0.3 is 0 Å². The standard InChI is InChI=1S/C20H18N4O/c1-3-7-14(4-2)23-20-22-13-12-19(24-20)25-18-11-10-17(21)15-8-5-6-9-16(15)18/h3-13H,1-2,21H2,(H,22,23,24)/b14-7+. The molecule has 3 rings (SSSR count). The van der Waals surface area contributed by atoms with Gasteiger partial charge in [0.05, 0.1) is 0 Å². The number of fused-ring (bicyclic) bond motifs is 1. The Morgan fingerprint density at radius 3 is 2.64 bits per heavy atom. The molecule has 0 atom stereocenters. The summed E-state index contributed by atoms with van der Waals surface area (Å²) in [6.45, 7) is 7.39. The van der Waals surface area contributed by atoms with Gasteiger partial charge in [0, 0.05) is 34.4 Å². The second-order valence-electron chi connectivity index (χ2n) is 5.21. The highest BCUT2D eigenvalue weighted by atomic mass is 16.5. The predicted molar refractivity (Wildman–Crippen MR) is 103 cm³/mol. The topological polar surface area (TPSA) is 73.1 Å². The average molecular weight is 330 g/mol. The maximum Gasteiger partial charge on any atom is 0.230 e. The number of nitrogens with two attached hydrogens (primary N) is 1. The number of nitrogens with zero attached hydrogens (tertiary/aromatic N) is 2. The Morgan fingerprint density at radius 1 is 1.08 bits per heavy atom. The number of nitrogen functional groups attached to an aromatic ring is 1. The van der Waals surface area contributed by atoms with Gasteiger partial charge in [-0.05, 0) is 24.3 Å². The Balaban J connectivity index is 1.91.